The summed E-state index contributed by atoms with van der Waals surface area (Å²) >= 11 is 0. The standard InChI is InChI=1S/C11H18O2/c1-3-4-5-6-7-11(2)8-9-13-10(11)12/h8-9H,3-7H2,1-2H3. The van der Waals surface area contributed by atoms with Crippen LogP contribution in [-0.2, 0) is 9.53 Å². The second kappa shape index (κ2) is 4.45. The first-order valence-electron chi connectivity index (χ1n) is 5.08. The predicted octanol–water partition coefficient (Wildman–Crippen LogP) is 3.03. The minimum atomic E-state index is -0.340. The lowest BCUT2D eigenvalue weighted by atomic mass is 9.86. The van der Waals surface area contributed by atoms with Crippen LogP contribution in [0.3, 0.4) is 0 Å². The summed E-state index contributed by atoms with van der Waals surface area (Å²) in [5, 5.41) is 0. The van der Waals surface area contributed by atoms with Crippen LogP contribution in [0.1, 0.15) is 46.0 Å². The smallest absolute Gasteiger partial charge is 0.320 e. The van der Waals surface area contributed by atoms with E-state index < -0.39 is 0 Å². The molecule has 1 rings (SSSR count). The number of ether oxygens (including phenoxy) is 1. The minimum absolute atomic E-state index is 0.0935. The van der Waals surface area contributed by atoms with Crippen molar-refractivity contribution in [2.75, 3.05) is 0 Å². The third kappa shape index (κ3) is 2.58. The van der Waals surface area contributed by atoms with Gasteiger partial charge in [-0.05, 0) is 19.4 Å². The Labute approximate surface area is 80.0 Å². The van der Waals surface area contributed by atoms with Crippen LogP contribution in [0.5, 0.6) is 0 Å². The van der Waals surface area contributed by atoms with Crippen molar-refractivity contribution in [3.8, 4) is 0 Å². The Hall–Kier alpha value is -0.790. The molecule has 0 amide bonds. The highest BCUT2D eigenvalue weighted by atomic mass is 16.5. The fourth-order valence-electron chi connectivity index (χ4n) is 1.55. The number of esters is 1. The van der Waals surface area contributed by atoms with E-state index in [0.29, 0.717) is 0 Å². The van der Waals surface area contributed by atoms with Crippen molar-refractivity contribution in [3.63, 3.8) is 0 Å². The first-order chi connectivity index (χ1) is 6.19. The van der Waals surface area contributed by atoms with E-state index in [1.165, 1.54) is 25.5 Å². The number of cyclic esters (lactones) is 1. The number of carbonyl (C=O) groups is 1. The van der Waals surface area contributed by atoms with Gasteiger partial charge in [0.1, 0.15) is 0 Å². The summed E-state index contributed by atoms with van der Waals surface area (Å²) in [6, 6.07) is 0. The largest absolute Gasteiger partial charge is 0.434 e. The quantitative estimate of drug-likeness (QED) is 0.482. The summed E-state index contributed by atoms with van der Waals surface area (Å²) in [7, 11) is 0. The lowest BCUT2D eigenvalue weighted by molar-refractivity contribution is -0.143. The molecule has 1 aliphatic heterocycles. The lowest BCUT2D eigenvalue weighted by Gasteiger charge is -2.16. The van der Waals surface area contributed by atoms with Crippen LogP contribution in [0.2, 0.25) is 0 Å². The summed E-state index contributed by atoms with van der Waals surface area (Å²) in [5.74, 6) is -0.0935. The van der Waals surface area contributed by atoms with Gasteiger partial charge in [0, 0.05) is 0 Å². The monoisotopic (exact) mass is 182 g/mol. The van der Waals surface area contributed by atoms with Crippen molar-refractivity contribution in [1.29, 1.82) is 0 Å². The molecule has 74 valence electrons. The maximum Gasteiger partial charge on any atom is 0.320 e. The molecule has 2 nitrogen and oxygen atoms in total. The van der Waals surface area contributed by atoms with Gasteiger partial charge >= 0.3 is 5.97 Å². The normalized spacial score (nSPS) is 26.5. The zero-order valence-corrected chi connectivity index (χ0v) is 8.51. The summed E-state index contributed by atoms with van der Waals surface area (Å²) < 4.78 is 4.81. The van der Waals surface area contributed by atoms with E-state index in [2.05, 4.69) is 6.92 Å². The van der Waals surface area contributed by atoms with E-state index in [4.69, 9.17) is 4.74 Å². The van der Waals surface area contributed by atoms with Gasteiger partial charge < -0.3 is 4.74 Å². The molecule has 1 unspecified atom stereocenters. The molecule has 1 aliphatic rings. The average Bonchev–Trinajstić information content (AvgIpc) is 2.42. The third-order valence-corrected chi connectivity index (χ3v) is 2.63. The highest BCUT2D eigenvalue weighted by Gasteiger charge is 2.35. The highest BCUT2D eigenvalue weighted by molar-refractivity contribution is 5.81. The molecule has 13 heavy (non-hydrogen) atoms. The third-order valence-electron chi connectivity index (χ3n) is 2.63. The van der Waals surface area contributed by atoms with Gasteiger partial charge in [-0.2, -0.15) is 0 Å². The van der Waals surface area contributed by atoms with Crippen molar-refractivity contribution in [2.24, 2.45) is 5.41 Å². The maximum absolute atomic E-state index is 11.3. The molecule has 0 aromatic carbocycles. The molecule has 1 heterocycles. The topological polar surface area (TPSA) is 26.3 Å². The molecule has 0 saturated heterocycles. The van der Waals surface area contributed by atoms with Crippen LogP contribution < -0.4 is 0 Å². The van der Waals surface area contributed by atoms with Crippen LogP contribution in [0.4, 0.5) is 0 Å². The number of carbonyl (C=O) groups excluding carboxylic acids is 1. The number of unbranched alkanes of at least 4 members (excludes halogenated alkanes) is 3. The molecule has 0 aromatic rings. The Bertz CT molecular complexity index is 208. The van der Waals surface area contributed by atoms with Crippen LogP contribution >= 0.6 is 0 Å². The Morgan fingerprint density at radius 3 is 2.69 bits per heavy atom. The summed E-state index contributed by atoms with van der Waals surface area (Å²) in [6.07, 6.45) is 9.13. The molecule has 0 aromatic heterocycles. The van der Waals surface area contributed by atoms with Gasteiger partial charge in [-0.3, -0.25) is 4.79 Å². The number of rotatable bonds is 5. The predicted molar refractivity (Wildman–Crippen MR) is 52.1 cm³/mol. The molecular weight excluding hydrogens is 164 g/mol. The molecule has 0 fully saturated rings. The first-order valence-corrected chi connectivity index (χ1v) is 5.08. The van der Waals surface area contributed by atoms with Gasteiger partial charge in [-0.1, -0.05) is 32.6 Å². The van der Waals surface area contributed by atoms with Crippen molar-refractivity contribution >= 4 is 5.97 Å². The van der Waals surface area contributed by atoms with Gasteiger partial charge in [0.2, 0.25) is 0 Å². The molecule has 0 aliphatic carbocycles. The first kappa shape index (κ1) is 10.3. The van der Waals surface area contributed by atoms with Crippen molar-refractivity contribution in [2.45, 2.75) is 46.0 Å². The second-order valence-corrected chi connectivity index (χ2v) is 3.94. The molecular formula is C11H18O2. The Balaban J connectivity index is 2.27. The zero-order valence-electron chi connectivity index (χ0n) is 8.51. The number of hydrogen-bond donors (Lipinski definition) is 0. The molecule has 1 atom stereocenters. The Morgan fingerprint density at radius 1 is 1.38 bits per heavy atom. The van der Waals surface area contributed by atoms with E-state index in [1.54, 1.807) is 0 Å². The van der Waals surface area contributed by atoms with Crippen LogP contribution in [0.15, 0.2) is 12.3 Å². The van der Waals surface area contributed by atoms with Crippen molar-refractivity contribution in [3.05, 3.63) is 12.3 Å². The van der Waals surface area contributed by atoms with Gasteiger partial charge in [0.05, 0.1) is 11.7 Å². The molecule has 2 heteroatoms. The van der Waals surface area contributed by atoms with E-state index >= 15 is 0 Å². The average molecular weight is 182 g/mol. The van der Waals surface area contributed by atoms with Crippen molar-refractivity contribution < 1.29 is 9.53 Å². The number of hydrogen-bond acceptors (Lipinski definition) is 2. The summed E-state index contributed by atoms with van der Waals surface area (Å²) in [4.78, 5) is 11.3. The Kier molecular flexibility index (Phi) is 3.52. The van der Waals surface area contributed by atoms with E-state index in [0.717, 1.165) is 12.8 Å². The lowest BCUT2D eigenvalue weighted by Crippen LogP contribution is -2.21. The zero-order chi connectivity index (χ0) is 9.73. The SMILES string of the molecule is CCCCCCC1(C)C=COC1=O. The molecule has 0 radical (unpaired) electrons. The Morgan fingerprint density at radius 2 is 2.15 bits per heavy atom. The highest BCUT2D eigenvalue weighted by Crippen LogP contribution is 2.32. The minimum Gasteiger partial charge on any atom is -0.434 e. The fraction of sp³-hybridized carbons (Fsp3) is 0.727. The van der Waals surface area contributed by atoms with Crippen molar-refractivity contribution in [1.82, 2.24) is 0 Å². The summed E-state index contributed by atoms with van der Waals surface area (Å²) in [6.45, 7) is 4.14. The van der Waals surface area contributed by atoms with Gasteiger partial charge in [-0.15, -0.1) is 0 Å². The van der Waals surface area contributed by atoms with Crippen LogP contribution in [0.25, 0.3) is 0 Å². The second-order valence-electron chi connectivity index (χ2n) is 3.94. The van der Waals surface area contributed by atoms with Gasteiger partial charge in [0.25, 0.3) is 0 Å². The summed E-state index contributed by atoms with van der Waals surface area (Å²) in [5.41, 5.74) is -0.340. The van der Waals surface area contributed by atoms with E-state index in [1.807, 2.05) is 13.0 Å². The van der Waals surface area contributed by atoms with Crippen LogP contribution in [0, 0.1) is 5.41 Å². The molecule has 0 bridgehead atoms. The molecule has 0 N–H and O–H groups in total. The maximum atomic E-state index is 11.3. The van der Waals surface area contributed by atoms with Crippen LogP contribution in [-0.4, -0.2) is 5.97 Å². The molecule has 0 spiro atoms. The van der Waals surface area contributed by atoms with E-state index in [-0.39, 0.29) is 11.4 Å². The van der Waals surface area contributed by atoms with E-state index in [9.17, 15) is 4.79 Å². The fourth-order valence-corrected chi connectivity index (χ4v) is 1.55. The van der Waals surface area contributed by atoms with Gasteiger partial charge in [0.15, 0.2) is 0 Å². The molecule has 0 saturated carbocycles. The van der Waals surface area contributed by atoms with Gasteiger partial charge in [-0.25, -0.2) is 0 Å².